The van der Waals surface area contributed by atoms with Crippen molar-refractivity contribution in [3.63, 3.8) is 0 Å². The summed E-state index contributed by atoms with van der Waals surface area (Å²) in [5.74, 6) is 1.05. The second-order valence-corrected chi connectivity index (χ2v) is 6.87. The van der Waals surface area contributed by atoms with E-state index in [-0.39, 0.29) is 0 Å². The van der Waals surface area contributed by atoms with Crippen LogP contribution in [-0.2, 0) is 17.8 Å². The van der Waals surface area contributed by atoms with E-state index in [0.717, 1.165) is 4.88 Å². The zero-order chi connectivity index (χ0) is 18.2. The van der Waals surface area contributed by atoms with Gasteiger partial charge in [-0.05, 0) is 29.2 Å². The molecule has 0 aliphatic heterocycles. The van der Waals surface area contributed by atoms with Crippen molar-refractivity contribution >= 4 is 28.7 Å². The fourth-order valence-electron chi connectivity index (χ4n) is 2.32. The van der Waals surface area contributed by atoms with Crippen LogP contribution in [0.4, 0.5) is 0 Å². The van der Waals surface area contributed by atoms with Gasteiger partial charge in [-0.15, -0.1) is 21.5 Å². The Kier molecular flexibility index (Phi) is 6.70. The van der Waals surface area contributed by atoms with Gasteiger partial charge in [0.05, 0.1) is 18.0 Å². The summed E-state index contributed by atoms with van der Waals surface area (Å²) in [4.78, 5) is 2.92. The van der Waals surface area contributed by atoms with E-state index in [4.69, 9.17) is 21.4 Å². The molecule has 0 saturated carbocycles. The van der Waals surface area contributed by atoms with Crippen LogP contribution in [0.15, 0.2) is 52.3 Å². The predicted octanol–water partition coefficient (Wildman–Crippen LogP) is 3.32. The molecule has 8 heteroatoms. The molecule has 2 heterocycles. The van der Waals surface area contributed by atoms with Crippen molar-refractivity contribution in [2.75, 3.05) is 20.3 Å². The number of rotatable bonds is 8. The van der Waals surface area contributed by atoms with Gasteiger partial charge in [-0.1, -0.05) is 36.4 Å². The third-order valence-electron chi connectivity index (χ3n) is 3.66. The van der Waals surface area contributed by atoms with Gasteiger partial charge in [0, 0.05) is 20.2 Å². The van der Waals surface area contributed by atoms with E-state index in [1.165, 1.54) is 5.56 Å². The topological polar surface area (TPSA) is 63.4 Å². The Morgan fingerprint density at radius 1 is 1.23 bits per heavy atom. The molecular formula is C18H20N4O2S2. The van der Waals surface area contributed by atoms with Gasteiger partial charge >= 0.3 is 0 Å². The molecule has 0 bridgehead atoms. The molecule has 0 fully saturated rings. The summed E-state index contributed by atoms with van der Waals surface area (Å²) >= 11 is 7.11. The summed E-state index contributed by atoms with van der Waals surface area (Å²) in [6.07, 6.45) is 0. The zero-order valence-corrected chi connectivity index (χ0v) is 16.1. The number of methoxy groups -OCH3 is 1. The van der Waals surface area contributed by atoms with Gasteiger partial charge in [-0.3, -0.25) is 0 Å². The number of hydrogen-bond donors (Lipinski definition) is 1. The van der Waals surface area contributed by atoms with Crippen molar-refractivity contribution in [2.24, 2.45) is 0 Å². The van der Waals surface area contributed by atoms with Crippen LogP contribution in [0, 0.1) is 0 Å². The lowest BCUT2D eigenvalue weighted by atomic mass is 10.2. The number of nitrogens with zero attached hydrogens (tertiary/aromatic N) is 3. The molecule has 136 valence electrons. The van der Waals surface area contributed by atoms with Crippen molar-refractivity contribution in [2.45, 2.75) is 13.1 Å². The van der Waals surface area contributed by atoms with Crippen molar-refractivity contribution < 1.29 is 9.15 Å². The standard InChI is InChI=1S/C18H20N4O2S2/c1-23-10-9-22(18(25)19-12-14-6-3-2-4-7-14)13-16-20-21-17(24-16)15-8-5-11-26-15/h2-8,11H,9-10,12-13H2,1H3,(H,19,25). The molecule has 0 unspecified atom stereocenters. The maximum absolute atomic E-state index is 5.77. The van der Waals surface area contributed by atoms with Gasteiger partial charge in [0.25, 0.3) is 5.89 Å². The van der Waals surface area contributed by atoms with E-state index in [0.29, 0.717) is 43.1 Å². The SMILES string of the molecule is COCCN(Cc1nnc(-c2cccs2)o1)C(=S)NCc1ccccc1. The molecule has 0 atom stereocenters. The Morgan fingerprint density at radius 3 is 2.81 bits per heavy atom. The quantitative estimate of drug-likeness (QED) is 0.594. The Morgan fingerprint density at radius 2 is 2.08 bits per heavy atom. The highest BCUT2D eigenvalue weighted by molar-refractivity contribution is 7.80. The van der Waals surface area contributed by atoms with Crippen molar-refractivity contribution in [1.82, 2.24) is 20.4 Å². The van der Waals surface area contributed by atoms with Crippen molar-refractivity contribution in [3.05, 3.63) is 59.3 Å². The first-order chi connectivity index (χ1) is 12.8. The number of benzene rings is 1. The Hall–Kier alpha value is -2.29. The van der Waals surface area contributed by atoms with Gasteiger partial charge in [0.15, 0.2) is 5.11 Å². The highest BCUT2D eigenvalue weighted by Gasteiger charge is 2.15. The molecule has 3 rings (SSSR count). The molecule has 0 aliphatic carbocycles. The molecule has 6 nitrogen and oxygen atoms in total. The van der Waals surface area contributed by atoms with Crippen LogP contribution in [-0.4, -0.2) is 40.5 Å². The number of ether oxygens (including phenoxy) is 1. The van der Waals surface area contributed by atoms with E-state index in [2.05, 4.69) is 27.6 Å². The fourth-order valence-corrected chi connectivity index (χ4v) is 3.19. The third-order valence-corrected chi connectivity index (χ3v) is 4.92. The molecule has 0 radical (unpaired) electrons. The van der Waals surface area contributed by atoms with Crippen LogP contribution in [0.5, 0.6) is 0 Å². The molecule has 2 aromatic heterocycles. The van der Waals surface area contributed by atoms with E-state index in [1.807, 2.05) is 40.6 Å². The van der Waals surface area contributed by atoms with Crippen molar-refractivity contribution in [3.8, 4) is 10.8 Å². The van der Waals surface area contributed by atoms with Crippen molar-refractivity contribution in [1.29, 1.82) is 0 Å². The summed E-state index contributed by atoms with van der Waals surface area (Å²) in [6, 6.07) is 14.0. The average Bonchev–Trinajstić information content (AvgIpc) is 3.35. The molecule has 3 aromatic rings. The Bertz CT molecular complexity index is 806. The summed E-state index contributed by atoms with van der Waals surface area (Å²) in [5, 5.41) is 14.1. The minimum Gasteiger partial charge on any atom is -0.418 e. The number of aromatic nitrogens is 2. The monoisotopic (exact) mass is 388 g/mol. The van der Waals surface area contributed by atoms with Crippen LogP contribution in [0.1, 0.15) is 11.5 Å². The molecular weight excluding hydrogens is 368 g/mol. The first kappa shape index (κ1) is 18.5. The second-order valence-electron chi connectivity index (χ2n) is 5.54. The van der Waals surface area contributed by atoms with E-state index in [1.54, 1.807) is 18.4 Å². The normalized spacial score (nSPS) is 10.7. The molecule has 26 heavy (non-hydrogen) atoms. The number of hydrogen-bond acceptors (Lipinski definition) is 6. The first-order valence-corrected chi connectivity index (χ1v) is 9.47. The van der Waals surface area contributed by atoms with Crippen LogP contribution in [0.3, 0.4) is 0 Å². The Labute approximate surface area is 161 Å². The number of nitrogens with one attached hydrogen (secondary N) is 1. The lowest BCUT2D eigenvalue weighted by molar-refractivity contribution is 0.170. The zero-order valence-electron chi connectivity index (χ0n) is 14.4. The van der Waals surface area contributed by atoms with Crippen LogP contribution < -0.4 is 5.32 Å². The van der Waals surface area contributed by atoms with Gasteiger partial charge in [-0.2, -0.15) is 0 Å². The smallest absolute Gasteiger partial charge is 0.257 e. The lowest BCUT2D eigenvalue weighted by Crippen LogP contribution is -2.40. The number of thiophene rings is 1. The summed E-state index contributed by atoms with van der Waals surface area (Å²) in [6.45, 7) is 2.28. The van der Waals surface area contributed by atoms with Crippen LogP contribution >= 0.6 is 23.6 Å². The minimum absolute atomic E-state index is 0.433. The van der Waals surface area contributed by atoms with Gasteiger partial charge < -0.3 is 19.4 Å². The third kappa shape index (κ3) is 5.10. The molecule has 1 N–H and O–H groups in total. The average molecular weight is 389 g/mol. The van der Waals surface area contributed by atoms with Gasteiger partial charge in [0.2, 0.25) is 5.89 Å². The molecule has 0 aliphatic rings. The van der Waals surface area contributed by atoms with Crippen LogP contribution in [0.2, 0.25) is 0 Å². The predicted molar refractivity (Wildman–Crippen MR) is 106 cm³/mol. The Balaban J connectivity index is 1.62. The fraction of sp³-hybridized carbons (Fsp3) is 0.278. The molecule has 0 spiro atoms. The maximum atomic E-state index is 5.77. The first-order valence-electron chi connectivity index (χ1n) is 8.18. The summed E-state index contributed by atoms with van der Waals surface area (Å²) in [7, 11) is 1.67. The summed E-state index contributed by atoms with van der Waals surface area (Å²) in [5.41, 5.74) is 1.17. The van der Waals surface area contributed by atoms with E-state index >= 15 is 0 Å². The minimum atomic E-state index is 0.433. The lowest BCUT2D eigenvalue weighted by Gasteiger charge is -2.24. The molecule has 1 aromatic carbocycles. The molecule has 0 amide bonds. The highest BCUT2D eigenvalue weighted by Crippen LogP contribution is 2.23. The molecule has 0 saturated heterocycles. The van der Waals surface area contributed by atoms with E-state index < -0.39 is 0 Å². The highest BCUT2D eigenvalue weighted by atomic mass is 32.1. The van der Waals surface area contributed by atoms with Gasteiger partial charge in [0.1, 0.15) is 0 Å². The largest absolute Gasteiger partial charge is 0.418 e. The van der Waals surface area contributed by atoms with E-state index in [9.17, 15) is 0 Å². The number of thiocarbonyl (C=S) groups is 1. The second kappa shape index (κ2) is 9.42. The van der Waals surface area contributed by atoms with Gasteiger partial charge in [-0.25, -0.2) is 0 Å². The van der Waals surface area contributed by atoms with Crippen LogP contribution in [0.25, 0.3) is 10.8 Å². The maximum Gasteiger partial charge on any atom is 0.257 e. The summed E-state index contributed by atoms with van der Waals surface area (Å²) < 4.78 is 11.0.